The van der Waals surface area contributed by atoms with Crippen LogP contribution in [0, 0.1) is 5.92 Å². The lowest BCUT2D eigenvalue weighted by molar-refractivity contribution is -0.125. The lowest BCUT2D eigenvalue weighted by atomic mass is 10.1. The number of aryl methyl sites for hydroxylation is 1. The van der Waals surface area contributed by atoms with Gasteiger partial charge in [-0.15, -0.1) is 0 Å². The van der Waals surface area contributed by atoms with E-state index >= 15 is 0 Å². The van der Waals surface area contributed by atoms with Crippen LogP contribution in [-0.2, 0) is 32.0 Å². The zero-order chi connectivity index (χ0) is 34.1. The van der Waals surface area contributed by atoms with Crippen molar-refractivity contribution in [1.29, 1.82) is 0 Å². The van der Waals surface area contributed by atoms with Crippen LogP contribution in [0.5, 0.6) is 0 Å². The number of nitrogens with zero attached hydrogens (tertiary/aromatic N) is 7. The number of anilines is 1. The van der Waals surface area contributed by atoms with Gasteiger partial charge in [-0.1, -0.05) is 19.9 Å². The molecule has 0 aliphatic carbocycles. The molecule has 1 aliphatic heterocycles. The first-order chi connectivity index (χ1) is 22.5. The van der Waals surface area contributed by atoms with Crippen molar-refractivity contribution < 1.29 is 23.9 Å². The fourth-order valence-electron chi connectivity index (χ4n) is 5.12. The number of hydrogen-bond donors (Lipinski definition) is 1. The molecule has 2 unspecified atom stereocenters. The fourth-order valence-corrected chi connectivity index (χ4v) is 5.12. The van der Waals surface area contributed by atoms with E-state index in [1.807, 2.05) is 4.57 Å². The van der Waals surface area contributed by atoms with Gasteiger partial charge in [0.2, 0.25) is 5.91 Å². The number of fused-ring (bicyclic) bond motifs is 1. The zero-order valence-electron chi connectivity index (χ0n) is 28.1. The molecular weight excluding hydrogens is 604 g/mol. The molecule has 4 rings (SSSR count). The van der Waals surface area contributed by atoms with Crippen LogP contribution in [0.3, 0.4) is 0 Å². The largest absolute Gasteiger partial charge is 0.436 e. The lowest BCUT2D eigenvalue weighted by Gasteiger charge is -2.25. The molecule has 4 heterocycles. The molecule has 0 radical (unpaired) electrons. The first-order valence-corrected chi connectivity index (χ1v) is 16.0. The minimum Gasteiger partial charge on any atom is -0.436 e. The second kappa shape index (κ2) is 16.3. The molecule has 2 atom stereocenters. The van der Waals surface area contributed by atoms with Crippen LogP contribution in [-0.4, -0.2) is 92.7 Å². The number of carbonyl (C=O) groups is 3. The van der Waals surface area contributed by atoms with Crippen molar-refractivity contribution in [2.24, 2.45) is 5.92 Å². The Hall–Kier alpha value is -4.59. The Morgan fingerprint density at radius 1 is 1.13 bits per heavy atom. The van der Waals surface area contributed by atoms with Gasteiger partial charge in [0, 0.05) is 41.0 Å². The molecule has 14 nitrogen and oxygen atoms in total. The zero-order valence-corrected chi connectivity index (χ0v) is 28.1. The van der Waals surface area contributed by atoms with Crippen molar-refractivity contribution in [2.75, 3.05) is 40.1 Å². The molecule has 1 aliphatic rings. The second-order valence-corrected chi connectivity index (χ2v) is 12.5. The van der Waals surface area contributed by atoms with E-state index in [0.29, 0.717) is 35.9 Å². The van der Waals surface area contributed by atoms with Crippen molar-refractivity contribution in [3.05, 3.63) is 58.7 Å². The molecule has 1 saturated heterocycles. The Bertz CT molecular complexity index is 1640. The summed E-state index contributed by atoms with van der Waals surface area (Å²) in [6.07, 6.45) is 8.87. The van der Waals surface area contributed by atoms with E-state index in [2.05, 4.69) is 29.1 Å². The van der Waals surface area contributed by atoms with Gasteiger partial charge >= 0.3 is 6.09 Å². The van der Waals surface area contributed by atoms with Crippen molar-refractivity contribution in [3.63, 3.8) is 0 Å². The number of aromatic nitrogens is 5. The number of ether oxygens (including phenoxy) is 2. The summed E-state index contributed by atoms with van der Waals surface area (Å²) >= 11 is 0. The quantitative estimate of drug-likeness (QED) is 0.273. The minimum atomic E-state index is -1.20. The monoisotopic (exact) mass is 650 g/mol. The minimum absolute atomic E-state index is 0.0238. The summed E-state index contributed by atoms with van der Waals surface area (Å²) in [6.45, 7) is 5.05. The van der Waals surface area contributed by atoms with E-state index in [1.165, 1.54) is 40.6 Å². The molecule has 14 heteroatoms. The molecule has 3 aromatic rings. The SMILES string of the molecule is CC(C)CCc1ncnc2c1nc(Cn1cccc(NC(=O)C(CC/C=C/C(=O)N(C)C)OC(=O)N(C)C)c1=O)n2C1CCCCO1. The molecular formula is C33H46N8O6. The fraction of sp³-hybridized carbons (Fsp3) is 0.545. The van der Waals surface area contributed by atoms with Gasteiger partial charge in [0.15, 0.2) is 11.8 Å². The van der Waals surface area contributed by atoms with Crippen molar-refractivity contribution in [3.8, 4) is 0 Å². The van der Waals surface area contributed by atoms with Gasteiger partial charge in [0.1, 0.15) is 29.6 Å². The summed E-state index contributed by atoms with van der Waals surface area (Å²) in [5.41, 5.74) is 1.79. The summed E-state index contributed by atoms with van der Waals surface area (Å²) in [5.74, 6) is 0.231. The van der Waals surface area contributed by atoms with Crippen LogP contribution < -0.4 is 10.9 Å². The summed E-state index contributed by atoms with van der Waals surface area (Å²) < 4.78 is 15.0. The Morgan fingerprint density at radius 3 is 2.60 bits per heavy atom. The molecule has 0 spiro atoms. The molecule has 0 bridgehead atoms. The maximum Gasteiger partial charge on any atom is 0.410 e. The van der Waals surface area contributed by atoms with Crippen LogP contribution in [0.25, 0.3) is 11.2 Å². The van der Waals surface area contributed by atoms with E-state index in [1.54, 1.807) is 38.8 Å². The van der Waals surface area contributed by atoms with E-state index in [4.69, 9.17) is 14.5 Å². The van der Waals surface area contributed by atoms with Gasteiger partial charge in [-0.3, -0.25) is 19.0 Å². The highest BCUT2D eigenvalue weighted by atomic mass is 16.6. The standard InChI is InChI=1S/C33H46N8O6/c1-22(2)16-17-23-29-30(35-21-34-23)41(28-15-9-10-19-46-28)26(37-29)20-40-18-11-12-24(32(40)44)36-31(43)25(47-33(45)39(5)6)13-7-8-14-27(42)38(3)4/h8,11-12,14,18,21-22,25,28H,7,9-10,13,15-17,19-20H2,1-6H3,(H,36,43)/b14-8+. The Labute approximate surface area is 274 Å². The van der Waals surface area contributed by atoms with E-state index < -0.39 is 23.7 Å². The van der Waals surface area contributed by atoms with Gasteiger partial charge in [0.05, 0.1) is 12.2 Å². The summed E-state index contributed by atoms with van der Waals surface area (Å²) in [5, 5.41) is 2.65. The predicted molar refractivity (Wildman–Crippen MR) is 177 cm³/mol. The van der Waals surface area contributed by atoms with Crippen LogP contribution in [0.4, 0.5) is 10.5 Å². The Morgan fingerprint density at radius 2 is 1.91 bits per heavy atom. The molecule has 1 fully saturated rings. The summed E-state index contributed by atoms with van der Waals surface area (Å²) in [6, 6.07) is 3.16. The number of nitrogens with one attached hydrogen (secondary N) is 1. The predicted octanol–water partition coefficient (Wildman–Crippen LogP) is 3.75. The Balaban J connectivity index is 1.60. The first kappa shape index (κ1) is 35.3. The highest BCUT2D eigenvalue weighted by molar-refractivity contribution is 5.95. The average molecular weight is 651 g/mol. The lowest BCUT2D eigenvalue weighted by Crippen LogP contribution is -2.37. The van der Waals surface area contributed by atoms with Crippen LogP contribution in [0.1, 0.15) is 70.1 Å². The van der Waals surface area contributed by atoms with Gasteiger partial charge < -0.3 is 29.2 Å². The van der Waals surface area contributed by atoms with Gasteiger partial charge in [-0.25, -0.2) is 19.7 Å². The third kappa shape index (κ3) is 9.24. The number of rotatable bonds is 13. The number of hydrogen-bond acceptors (Lipinski definition) is 9. The van der Waals surface area contributed by atoms with Gasteiger partial charge in [0.25, 0.3) is 11.5 Å². The first-order valence-electron chi connectivity index (χ1n) is 16.0. The van der Waals surface area contributed by atoms with E-state index in [0.717, 1.165) is 37.8 Å². The number of likely N-dealkylation sites (N-methyl/N-ethyl adjacent to an activating group) is 1. The summed E-state index contributed by atoms with van der Waals surface area (Å²) in [7, 11) is 6.28. The van der Waals surface area contributed by atoms with E-state index in [-0.39, 0.29) is 30.8 Å². The van der Waals surface area contributed by atoms with Crippen LogP contribution in [0.2, 0.25) is 0 Å². The molecule has 0 aromatic carbocycles. The Kier molecular flexibility index (Phi) is 12.2. The van der Waals surface area contributed by atoms with Crippen molar-refractivity contribution in [2.45, 2.75) is 77.7 Å². The van der Waals surface area contributed by atoms with Gasteiger partial charge in [-0.2, -0.15) is 0 Å². The molecule has 47 heavy (non-hydrogen) atoms. The van der Waals surface area contributed by atoms with Crippen molar-refractivity contribution >= 4 is 34.8 Å². The number of amides is 3. The van der Waals surface area contributed by atoms with E-state index in [9.17, 15) is 19.2 Å². The number of carbonyl (C=O) groups excluding carboxylic acids is 3. The second-order valence-electron chi connectivity index (χ2n) is 12.5. The summed E-state index contributed by atoms with van der Waals surface area (Å²) in [4.78, 5) is 68.0. The smallest absolute Gasteiger partial charge is 0.410 e. The third-order valence-corrected chi connectivity index (χ3v) is 7.82. The highest BCUT2D eigenvalue weighted by Gasteiger charge is 2.27. The molecule has 3 amide bonds. The molecule has 1 N–H and O–H groups in total. The topological polar surface area (TPSA) is 154 Å². The third-order valence-electron chi connectivity index (χ3n) is 7.82. The number of pyridine rings is 1. The maximum atomic E-state index is 13.7. The van der Waals surface area contributed by atoms with Crippen LogP contribution >= 0.6 is 0 Å². The van der Waals surface area contributed by atoms with Crippen molar-refractivity contribution in [1.82, 2.24) is 33.9 Å². The highest BCUT2D eigenvalue weighted by Crippen LogP contribution is 2.29. The van der Waals surface area contributed by atoms with Crippen LogP contribution in [0.15, 0.2) is 41.6 Å². The average Bonchev–Trinajstić information content (AvgIpc) is 3.41. The molecule has 3 aromatic heterocycles. The number of allylic oxidation sites excluding steroid dienone is 1. The van der Waals surface area contributed by atoms with Gasteiger partial charge in [-0.05, 0) is 69.1 Å². The maximum absolute atomic E-state index is 13.7. The molecule has 254 valence electrons. The number of imidazole rings is 1. The normalized spacial score (nSPS) is 15.6. The molecule has 0 saturated carbocycles.